The summed E-state index contributed by atoms with van der Waals surface area (Å²) < 4.78 is 0. The van der Waals surface area contributed by atoms with Crippen LogP contribution in [-0.2, 0) is 17.8 Å². The number of benzene rings is 2. The second kappa shape index (κ2) is 13.6. The number of hydrogen-bond acceptors (Lipinski definition) is 4. The van der Waals surface area contributed by atoms with Crippen molar-refractivity contribution in [3.63, 3.8) is 0 Å². The minimum Gasteiger partial charge on any atom is -0.354 e. The first-order valence-corrected chi connectivity index (χ1v) is 9.87. The van der Waals surface area contributed by atoms with Gasteiger partial charge < -0.3 is 15.5 Å². The molecule has 2 N–H and O–H groups in total. The Balaban J connectivity index is 0.00000480. The van der Waals surface area contributed by atoms with Crippen molar-refractivity contribution in [2.45, 2.75) is 32.4 Å². The van der Waals surface area contributed by atoms with Gasteiger partial charge in [-0.3, -0.25) is 14.9 Å². The van der Waals surface area contributed by atoms with Gasteiger partial charge in [-0.1, -0.05) is 42.5 Å². The number of aryl methyl sites for hydroxylation is 1. The van der Waals surface area contributed by atoms with Crippen LogP contribution in [0.25, 0.3) is 0 Å². The van der Waals surface area contributed by atoms with E-state index in [9.17, 15) is 14.9 Å². The second-order valence-corrected chi connectivity index (χ2v) is 7.30. The molecule has 9 heteroatoms. The molecule has 0 saturated carbocycles. The fourth-order valence-electron chi connectivity index (χ4n) is 2.70. The smallest absolute Gasteiger partial charge is 0.269 e. The van der Waals surface area contributed by atoms with E-state index in [-0.39, 0.29) is 48.2 Å². The molecule has 1 amide bonds. The molecule has 0 aliphatic rings. The number of nitro groups is 1. The van der Waals surface area contributed by atoms with Crippen LogP contribution in [-0.4, -0.2) is 48.4 Å². The molecule has 0 aliphatic heterocycles. The van der Waals surface area contributed by atoms with Crippen LogP contribution >= 0.6 is 24.0 Å². The predicted octanol–water partition coefficient (Wildman–Crippen LogP) is 3.36. The topological polar surface area (TPSA) is 99.9 Å². The Morgan fingerprint density at radius 2 is 1.74 bits per heavy atom. The van der Waals surface area contributed by atoms with E-state index < -0.39 is 4.92 Å². The predicted molar refractivity (Wildman–Crippen MR) is 134 cm³/mol. The zero-order valence-electron chi connectivity index (χ0n) is 18.1. The highest BCUT2D eigenvalue weighted by Gasteiger charge is 2.10. The summed E-state index contributed by atoms with van der Waals surface area (Å²) in [5.41, 5.74) is 2.16. The molecular formula is C22H30IN5O3. The van der Waals surface area contributed by atoms with Crippen molar-refractivity contribution in [3.05, 3.63) is 75.8 Å². The molecule has 0 aromatic heterocycles. The molecule has 0 radical (unpaired) electrons. The van der Waals surface area contributed by atoms with Crippen LogP contribution in [0.1, 0.15) is 24.5 Å². The summed E-state index contributed by atoms with van der Waals surface area (Å²) in [5.74, 6) is 0.473. The largest absolute Gasteiger partial charge is 0.354 e. The highest BCUT2D eigenvalue weighted by molar-refractivity contribution is 14.0. The zero-order valence-corrected chi connectivity index (χ0v) is 20.4. The van der Waals surface area contributed by atoms with Crippen LogP contribution in [0.15, 0.2) is 59.6 Å². The summed E-state index contributed by atoms with van der Waals surface area (Å²) in [6, 6.07) is 16.7. The summed E-state index contributed by atoms with van der Waals surface area (Å²) in [4.78, 5) is 28.4. The third-order valence-corrected chi connectivity index (χ3v) is 4.56. The van der Waals surface area contributed by atoms with Gasteiger partial charge in [0.15, 0.2) is 5.96 Å². The molecule has 0 spiro atoms. The first kappa shape index (κ1) is 26.3. The molecule has 31 heavy (non-hydrogen) atoms. The zero-order chi connectivity index (χ0) is 21.9. The van der Waals surface area contributed by atoms with Crippen LogP contribution in [0.3, 0.4) is 0 Å². The molecular weight excluding hydrogens is 509 g/mol. The van der Waals surface area contributed by atoms with E-state index in [1.165, 1.54) is 22.6 Å². The Labute approximate surface area is 200 Å². The van der Waals surface area contributed by atoms with Crippen LogP contribution in [0, 0.1) is 10.1 Å². The minimum absolute atomic E-state index is 0. The van der Waals surface area contributed by atoms with Gasteiger partial charge in [0.1, 0.15) is 0 Å². The monoisotopic (exact) mass is 539 g/mol. The molecule has 0 saturated heterocycles. The van der Waals surface area contributed by atoms with Crippen molar-refractivity contribution >= 4 is 41.5 Å². The summed E-state index contributed by atoms with van der Waals surface area (Å²) in [7, 11) is 3.40. The van der Waals surface area contributed by atoms with Crippen molar-refractivity contribution in [3.8, 4) is 0 Å². The first-order chi connectivity index (χ1) is 14.3. The molecule has 0 aliphatic carbocycles. The minimum atomic E-state index is -0.428. The van der Waals surface area contributed by atoms with Crippen molar-refractivity contribution in [2.75, 3.05) is 20.6 Å². The highest BCUT2D eigenvalue weighted by atomic mass is 127. The van der Waals surface area contributed by atoms with Crippen LogP contribution in [0.2, 0.25) is 0 Å². The van der Waals surface area contributed by atoms with Gasteiger partial charge in [0, 0.05) is 32.3 Å². The maximum atomic E-state index is 11.9. The Bertz CT molecular complexity index is 857. The Morgan fingerprint density at radius 1 is 1.10 bits per heavy atom. The number of nitrogens with one attached hydrogen (secondary N) is 2. The van der Waals surface area contributed by atoms with Crippen LogP contribution in [0.5, 0.6) is 0 Å². The number of guanidine groups is 1. The van der Waals surface area contributed by atoms with Crippen molar-refractivity contribution in [1.82, 2.24) is 15.5 Å². The van der Waals surface area contributed by atoms with E-state index in [2.05, 4.69) is 34.7 Å². The van der Waals surface area contributed by atoms with E-state index >= 15 is 0 Å². The number of aliphatic imine (C=N–C) groups is 1. The van der Waals surface area contributed by atoms with E-state index in [1.807, 2.05) is 18.2 Å². The number of likely N-dealkylation sites (N-methyl/N-ethyl adjacent to an activating group) is 1. The molecule has 1 atom stereocenters. The number of carbonyl (C=O) groups excluding carboxylic acids is 1. The fourth-order valence-corrected chi connectivity index (χ4v) is 2.70. The van der Waals surface area contributed by atoms with Gasteiger partial charge in [-0.2, -0.15) is 0 Å². The molecule has 8 nitrogen and oxygen atoms in total. The van der Waals surface area contributed by atoms with Crippen LogP contribution < -0.4 is 10.6 Å². The Hall–Kier alpha value is -2.69. The summed E-state index contributed by atoms with van der Waals surface area (Å²) in [6.45, 7) is 2.54. The Morgan fingerprint density at radius 3 is 2.32 bits per heavy atom. The number of rotatable bonds is 9. The van der Waals surface area contributed by atoms with Gasteiger partial charge in [-0.25, -0.2) is 4.99 Å². The van der Waals surface area contributed by atoms with Gasteiger partial charge in [-0.15, -0.1) is 24.0 Å². The summed E-state index contributed by atoms with van der Waals surface area (Å²) in [6.07, 6.45) is 1.84. The maximum Gasteiger partial charge on any atom is 0.269 e. The van der Waals surface area contributed by atoms with Gasteiger partial charge in [0.05, 0.1) is 18.0 Å². The average molecular weight is 539 g/mol. The van der Waals surface area contributed by atoms with Gasteiger partial charge >= 0.3 is 0 Å². The number of non-ortho nitro benzene ring substituents is 1. The first-order valence-electron chi connectivity index (χ1n) is 9.87. The number of hydrogen-bond donors (Lipinski definition) is 2. The number of nitrogens with zero attached hydrogens (tertiary/aromatic N) is 3. The lowest BCUT2D eigenvalue weighted by atomic mass is 10.1. The standard InChI is InChI=1S/C22H29N5O3.HI/c1-17(9-10-18-7-5-4-6-8-18)25-22(24-16-21(28)26(2)3)23-15-19-11-13-20(14-12-19)27(29)30;/h4-8,11-14,17H,9-10,15-16H2,1-3H3,(H2,23,24,25);1H. The molecule has 1 unspecified atom stereocenters. The summed E-state index contributed by atoms with van der Waals surface area (Å²) in [5, 5.41) is 17.2. The van der Waals surface area contributed by atoms with Crippen molar-refractivity contribution < 1.29 is 9.72 Å². The normalized spacial score (nSPS) is 11.8. The van der Waals surface area contributed by atoms with E-state index in [0.717, 1.165) is 18.4 Å². The lowest BCUT2D eigenvalue weighted by molar-refractivity contribution is -0.384. The Kier molecular flexibility index (Phi) is 11.5. The van der Waals surface area contributed by atoms with Gasteiger partial charge in [0.2, 0.25) is 5.91 Å². The lowest BCUT2D eigenvalue weighted by Crippen LogP contribution is -2.46. The molecule has 2 rings (SSSR count). The number of nitro benzene ring substituents is 1. The van der Waals surface area contributed by atoms with Crippen LogP contribution in [0.4, 0.5) is 5.69 Å². The summed E-state index contributed by atoms with van der Waals surface area (Å²) >= 11 is 0. The molecule has 0 heterocycles. The maximum absolute atomic E-state index is 11.9. The SMILES string of the molecule is CC(CCc1ccccc1)NC(=NCc1ccc([N+](=O)[O-])cc1)NCC(=O)N(C)C.I. The lowest BCUT2D eigenvalue weighted by Gasteiger charge is -2.19. The molecule has 0 bridgehead atoms. The van der Waals surface area contributed by atoms with Crippen molar-refractivity contribution in [1.29, 1.82) is 0 Å². The van der Waals surface area contributed by atoms with Gasteiger partial charge in [0.25, 0.3) is 5.69 Å². The fraction of sp³-hybridized carbons (Fsp3) is 0.364. The molecule has 2 aromatic rings. The third kappa shape index (κ3) is 9.77. The average Bonchev–Trinajstić information content (AvgIpc) is 2.74. The number of amides is 1. The number of halogens is 1. The molecule has 2 aromatic carbocycles. The van der Waals surface area contributed by atoms with Crippen molar-refractivity contribution in [2.24, 2.45) is 4.99 Å². The quantitative estimate of drug-likeness (QED) is 0.168. The third-order valence-electron chi connectivity index (χ3n) is 4.56. The number of carbonyl (C=O) groups is 1. The van der Waals surface area contributed by atoms with E-state index in [4.69, 9.17) is 0 Å². The van der Waals surface area contributed by atoms with E-state index in [0.29, 0.717) is 12.5 Å². The van der Waals surface area contributed by atoms with E-state index in [1.54, 1.807) is 26.2 Å². The van der Waals surface area contributed by atoms with Gasteiger partial charge in [-0.05, 0) is 30.9 Å². The molecule has 0 fully saturated rings. The molecule has 168 valence electrons. The second-order valence-electron chi connectivity index (χ2n) is 7.30. The highest BCUT2D eigenvalue weighted by Crippen LogP contribution is 2.12.